The van der Waals surface area contributed by atoms with Gasteiger partial charge in [-0.1, -0.05) is 6.92 Å². The van der Waals surface area contributed by atoms with Crippen LogP contribution in [0.5, 0.6) is 0 Å². The average molecular weight is 223 g/mol. The Bertz CT molecular complexity index is 397. The maximum atomic E-state index is 12.1. The molecule has 4 heteroatoms. The van der Waals surface area contributed by atoms with Gasteiger partial charge in [0.05, 0.1) is 6.10 Å². The topological polar surface area (TPSA) is 53.7 Å². The van der Waals surface area contributed by atoms with Gasteiger partial charge >= 0.3 is 0 Å². The van der Waals surface area contributed by atoms with Gasteiger partial charge in [0, 0.05) is 25.1 Å². The van der Waals surface area contributed by atoms with Gasteiger partial charge in [0.2, 0.25) is 0 Å². The van der Waals surface area contributed by atoms with Gasteiger partial charge in [0.15, 0.2) is 5.76 Å². The first-order valence-corrected chi connectivity index (χ1v) is 5.68. The Morgan fingerprint density at radius 1 is 1.69 bits per heavy atom. The third-order valence-corrected chi connectivity index (χ3v) is 2.96. The summed E-state index contributed by atoms with van der Waals surface area (Å²) in [6.45, 7) is 4.90. The molecular formula is C12H17NO3. The van der Waals surface area contributed by atoms with Crippen molar-refractivity contribution in [1.82, 2.24) is 4.90 Å². The molecule has 0 unspecified atom stereocenters. The van der Waals surface area contributed by atoms with Crippen LogP contribution in [-0.4, -0.2) is 35.1 Å². The monoisotopic (exact) mass is 223 g/mol. The Balaban J connectivity index is 2.17. The first-order chi connectivity index (χ1) is 7.61. The molecule has 1 saturated heterocycles. The standard InChI is InChI=1S/C12H17NO3/c1-3-10-6-8(2)11(16-10)12(15)13-5-4-9(14)7-13/h6,9,14H,3-5,7H2,1-2H3/t9-/m1/s1. The van der Waals surface area contributed by atoms with E-state index in [2.05, 4.69) is 0 Å². The van der Waals surface area contributed by atoms with Gasteiger partial charge in [0.1, 0.15) is 5.76 Å². The number of hydrogen-bond acceptors (Lipinski definition) is 3. The molecule has 1 aliphatic rings. The fourth-order valence-electron chi connectivity index (χ4n) is 2.00. The quantitative estimate of drug-likeness (QED) is 0.823. The third-order valence-electron chi connectivity index (χ3n) is 2.96. The molecule has 16 heavy (non-hydrogen) atoms. The second kappa shape index (κ2) is 4.29. The number of carbonyl (C=O) groups is 1. The van der Waals surface area contributed by atoms with Gasteiger partial charge in [-0.3, -0.25) is 4.79 Å². The SMILES string of the molecule is CCc1cc(C)c(C(=O)N2CC[C@@H](O)C2)o1. The van der Waals surface area contributed by atoms with Crippen molar-refractivity contribution in [3.63, 3.8) is 0 Å². The lowest BCUT2D eigenvalue weighted by atomic mass is 10.2. The number of β-amino-alcohol motifs (C(OH)–C–C–N with tert-alkyl or cyclic N) is 1. The zero-order chi connectivity index (χ0) is 11.7. The van der Waals surface area contributed by atoms with Gasteiger partial charge in [-0.25, -0.2) is 0 Å². The number of carbonyl (C=O) groups excluding carboxylic acids is 1. The molecule has 0 aromatic carbocycles. The highest BCUT2D eigenvalue weighted by molar-refractivity contribution is 5.93. The second-order valence-corrected chi connectivity index (χ2v) is 4.27. The minimum atomic E-state index is -0.384. The summed E-state index contributed by atoms with van der Waals surface area (Å²) in [5.41, 5.74) is 0.878. The number of hydrogen-bond donors (Lipinski definition) is 1. The van der Waals surface area contributed by atoms with E-state index in [4.69, 9.17) is 4.42 Å². The zero-order valence-electron chi connectivity index (χ0n) is 9.69. The average Bonchev–Trinajstić information content (AvgIpc) is 2.83. The fraction of sp³-hybridized carbons (Fsp3) is 0.583. The van der Waals surface area contributed by atoms with Crippen molar-refractivity contribution in [2.24, 2.45) is 0 Å². The van der Waals surface area contributed by atoms with Crippen LogP contribution in [0.3, 0.4) is 0 Å². The number of aryl methyl sites for hydroxylation is 2. The highest BCUT2D eigenvalue weighted by Crippen LogP contribution is 2.19. The number of aliphatic hydroxyl groups is 1. The van der Waals surface area contributed by atoms with E-state index in [1.165, 1.54) is 0 Å². The van der Waals surface area contributed by atoms with Crippen LogP contribution in [0.2, 0.25) is 0 Å². The lowest BCUT2D eigenvalue weighted by Crippen LogP contribution is -2.29. The van der Waals surface area contributed by atoms with Gasteiger partial charge < -0.3 is 14.4 Å². The van der Waals surface area contributed by atoms with Crippen LogP contribution in [0.25, 0.3) is 0 Å². The van der Waals surface area contributed by atoms with E-state index in [1.54, 1.807) is 4.90 Å². The smallest absolute Gasteiger partial charge is 0.289 e. The molecule has 1 atom stereocenters. The van der Waals surface area contributed by atoms with Crippen LogP contribution in [0.1, 0.15) is 35.2 Å². The molecule has 0 aliphatic carbocycles. The van der Waals surface area contributed by atoms with E-state index >= 15 is 0 Å². The van der Waals surface area contributed by atoms with E-state index < -0.39 is 0 Å². The molecule has 1 N–H and O–H groups in total. The Kier molecular flexibility index (Phi) is 3.01. The van der Waals surface area contributed by atoms with Crippen molar-refractivity contribution in [2.75, 3.05) is 13.1 Å². The first kappa shape index (κ1) is 11.2. The molecule has 1 amide bonds. The van der Waals surface area contributed by atoms with E-state index in [-0.39, 0.29) is 12.0 Å². The molecule has 1 aliphatic heterocycles. The highest BCUT2D eigenvalue weighted by Gasteiger charge is 2.28. The first-order valence-electron chi connectivity index (χ1n) is 5.68. The van der Waals surface area contributed by atoms with Crippen molar-refractivity contribution < 1.29 is 14.3 Å². The van der Waals surface area contributed by atoms with Crippen LogP contribution in [0, 0.1) is 6.92 Å². The predicted octanol–water partition coefficient (Wildman–Crippen LogP) is 1.36. The molecule has 1 fully saturated rings. The molecule has 4 nitrogen and oxygen atoms in total. The number of furan rings is 1. The fourth-order valence-corrected chi connectivity index (χ4v) is 2.00. The Morgan fingerprint density at radius 3 is 2.94 bits per heavy atom. The van der Waals surface area contributed by atoms with Crippen molar-refractivity contribution in [3.05, 3.63) is 23.2 Å². The van der Waals surface area contributed by atoms with Crippen molar-refractivity contribution in [1.29, 1.82) is 0 Å². The van der Waals surface area contributed by atoms with Crippen LogP contribution in [0.15, 0.2) is 10.5 Å². The summed E-state index contributed by atoms with van der Waals surface area (Å²) in [6.07, 6.45) is 1.06. The van der Waals surface area contributed by atoms with Crippen LogP contribution in [0.4, 0.5) is 0 Å². The molecule has 0 saturated carbocycles. The van der Waals surface area contributed by atoms with Gasteiger partial charge in [-0.2, -0.15) is 0 Å². The molecular weight excluding hydrogens is 206 g/mol. The lowest BCUT2D eigenvalue weighted by molar-refractivity contribution is 0.0731. The Morgan fingerprint density at radius 2 is 2.44 bits per heavy atom. The van der Waals surface area contributed by atoms with Crippen LogP contribution >= 0.6 is 0 Å². The summed E-state index contributed by atoms with van der Waals surface area (Å²) in [6, 6.07) is 1.90. The van der Waals surface area contributed by atoms with Crippen molar-refractivity contribution in [2.45, 2.75) is 32.8 Å². The van der Waals surface area contributed by atoms with Crippen molar-refractivity contribution in [3.8, 4) is 0 Å². The third kappa shape index (κ3) is 1.97. The molecule has 2 rings (SSSR count). The van der Waals surface area contributed by atoms with Crippen LogP contribution < -0.4 is 0 Å². The summed E-state index contributed by atoms with van der Waals surface area (Å²) in [4.78, 5) is 13.7. The number of amides is 1. The van der Waals surface area contributed by atoms with Gasteiger partial charge in [0.25, 0.3) is 5.91 Å². The Labute approximate surface area is 94.9 Å². The number of nitrogens with zero attached hydrogens (tertiary/aromatic N) is 1. The summed E-state index contributed by atoms with van der Waals surface area (Å²) in [5, 5.41) is 9.39. The summed E-state index contributed by atoms with van der Waals surface area (Å²) in [5.74, 6) is 1.15. The largest absolute Gasteiger partial charge is 0.456 e. The van der Waals surface area contributed by atoms with E-state index in [0.717, 1.165) is 17.7 Å². The molecule has 1 aromatic heterocycles. The minimum absolute atomic E-state index is 0.103. The van der Waals surface area contributed by atoms with Gasteiger partial charge in [-0.15, -0.1) is 0 Å². The van der Waals surface area contributed by atoms with E-state index in [1.807, 2.05) is 19.9 Å². The molecule has 0 bridgehead atoms. The molecule has 1 aromatic rings. The number of rotatable bonds is 2. The normalized spacial score (nSPS) is 20.4. The highest BCUT2D eigenvalue weighted by atomic mass is 16.4. The van der Waals surface area contributed by atoms with Crippen molar-refractivity contribution >= 4 is 5.91 Å². The number of likely N-dealkylation sites (tertiary alicyclic amines) is 1. The maximum Gasteiger partial charge on any atom is 0.289 e. The predicted molar refractivity (Wildman–Crippen MR) is 59.4 cm³/mol. The molecule has 88 valence electrons. The summed E-state index contributed by atoms with van der Waals surface area (Å²) >= 11 is 0. The lowest BCUT2D eigenvalue weighted by Gasteiger charge is -2.13. The minimum Gasteiger partial charge on any atom is -0.456 e. The summed E-state index contributed by atoms with van der Waals surface area (Å²) in [7, 11) is 0. The molecule has 0 spiro atoms. The van der Waals surface area contributed by atoms with E-state index in [9.17, 15) is 9.90 Å². The summed E-state index contributed by atoms with van der Waals surface area (Å²) < 4.78 is 5.50. The molecule has 0 radical (unpaired) electrons. The molecule has 2 heterocycles. The second-order valence-electron chi connectivity index (χ2n) is 4.27. The van der Waals surface area contributed by atoms with Crippen LogP contribution in [-0.2, 0) is 6.42 Å². The van der Waals surface area contributed by atoms with E-state index in [0.29, 0.717) is 25.3 Å². The van der Waals surface area contributed by atoms with Gasteiger partial charge in [-0.05, 0) is 19.4 Å². The number of aliphatic hydroxyl groups excluding tert-OH is 1. The zero-order valence-corrected chi connectivity index (χ0v) is 9.69. The Hall–Kier alpha value is -1.29. The maximum absolute atomic E-state index is 12.1.